The quantitative estimate of drug-likeness (QED) is 0.482. The summed E-state index contributed by atoms with van der Waals surface area (Å²) < 4.78 is 0. The molecule has 0 bridgehead atoms. The number of para-hydroxylation sites is 1. The fraction of sp³-hybridized carbons (Fsp3) is 0.484. The number of rotatable bonds is 6. The molecule has 1 saturated heterocycles. The Morgan fingerprint density at radius 1 is 0.943 bits per heavy atom. The Balaban J connectivity index is 1.29. The van der Waals surface area contributed by atoms with Gasteiger partial charge in [-0.05, 0) is 73.6 Å². The Hall–Kier alpha value is -2.72. The Bertz CT molecular complexity index is 1120. The number of aromatic nitrogens is 1. The smallest absolute Gasteiger partial charge is 0.225 e. The van der Waals surface area contributed by atoms with Gasteiger partial charge in [0.25, 0.3) is 0 Å². The average Bonchev–Trinajstić information content (AvgIpc) is 2.87. The maximum Gasteiger partial charge on any atom is 0.225 e. The van der Waals surface area contributed by atoms with Crippen molar-refractivity contribution in [3.8, 4) is 0 Å². The van der Waals surface area contributed by atoms with E-state index in [9.17, 15) is 4.79 Å². The molecule has 4 heteroatoms. The molecule has 4 atom stereocenters. The molecule has 1 saturated carbocycles. The van der Waals surface area contributed by atoms with Crippen LogP contribution in [0.5, 0.6) is 0 Å². The van der Waals surface area contributed by atoms with Gasteiger partial charge in [-0.15, -0.1) is 0 Å². The van der Waals surface area contributed by atoms with Crippen molar-refractivity contribution in [2.45, 2.75) is 71.0 Å². The van der Waals surface area contributed by atoms with Gasteiger partial charge in [0.2, 0.25) is 5.91 Å². The van der Waals surface area contributed by atoms with Crippen LogP contribution in [0.1, 0.15) is 57.1 Å². The standard InChI is InChI=1S/C31H39N3O/c1-22-16-23(2)18-26(17-22)31(35)34-15-13-27(20-28(34)19-24-8-4-3-5-9-24)33-21-25-12-14-32-30-11-7-6-10-29(25)30/h3-12,14,22-23,26-28,33H,13,15-21H2,1-2H3/t22?,23?,26?,27-,28+/m0/s1. The Morgan fingerprint density at radius 2 is 1.69 bits per heavy atom. The third-order valence-electron chi connectivity index (χ3n) is 8.16. The molecule has 1 amide bonds. The number of piperidine rings is 1. The average molecular weight is 470 g/mol. The van der Waals surface area contributed by atoms with Crippen molar-refractivity contribution >= 4 is 16.8 Å². The Morgan fingerprint density at radius 3 is 2.49 bits per heavy atom. The van der Waals surface area contributed by atoms with Gasteiger partial charge >= 0.3 is 0 Å². The lowest BCUT2D eigenvalue weighted by molar-refractivity contribution is -0.141. The highest BCUT2D eigenvalue weighted by molar-refractivity contribution is 5.81. The predicted octanol–water partition coefficient (Wildman–Crippen LogP) is 6.00. The topological polar surface area (TPSA) is 45.2 Å². The SMILES string of the molecule is CC1CC(C)CC(C(=O)N2CC[C@H](NCc3ccnc4ccccc34)C[C@H]2Cc2ccccc2)C1. The van der Waals surface area contributed by atoms with Crippen molar-refractivity contribution in [1.29, 1.82) is 0 Å². The molecule has 184 valence electrons. The van der Waals surface area contributed by atoms with E-state index in [0.29, 0.717) is 23.8 Å². The van der Waals surface area contributed by atoms with E-state index in [0.717, 1.165) is 50.7 Å². The van der Waals surface area contributed by atoms with E-state index in [1.165, 1.54) is 22.9 Å². The van der Waals surface area contributed by atoms with E-state index in [-0.39, 0.29) is 12.0 Å². The van der Waals surface area contributed by atoms with Crippen LogP contribution in [-0.2, 0) is 17.8 Å². The minimum absolute atomic E-state index is 0.194. The van der Waals surface area contributed by atoms with Crippen LogP contribution in [0.3, 0.4) is 0 Å². The molecule has 1 N–H and O–H groups in total. The second-order valence-electron chi connectivity index (χ2n) is 11.1. The normalized spacial score (nSPS) is 27.1. The Kier molecular flexibility index (Phi) is 7.48. The van der Waals surface area contributed by atoms with Gasteiger partial charge in [0.15, 0.2) is 0 Å². The summed E-state index contributed by atoms with van der Waals surface area (Å²) in [6.45, 7) is 6.31. The molecule has 1 aromatic heterocycles. The van der Waals surface area contributed by atoms with Crippen LogP contribution < -0.4 is 5.32 Å². The molecule has 4 nitrogen and oxygen atoms in total. The molecule has 35 heavy (non-hydrogen) atoms. The summed E-state index contributed by atoms with van der Waals surface area (Å²) in [5, 5.41) is 5.05. The van der Waals surface area contributed by atoms with Crippen LogP contribution in [0.25, 0.3) is 10.9 Å². The van der Waals surface area contributed by atoms with E-state index in [1.54, 1.807) is 0 Å². The third kappa shape index (κ3) is 5.75. The maximum atomic E-state index is 13.8. The van der Waals surface area contributed by atoms with Crippen LogP contribution in [0, 0.1) is 17.8 Å². The van der Waals surface area contributed by atoms with Gasteiger partial charge < -0.3 is 10.2 Å². The molecule has 2 aromatic carbocycles. The van der Waals surface area contributed by atoms with Crippen molar-refractivity contribution in [3.05, 3.63) is 78.0 Å². The van der Waals surface area contributed by atoms with E-state index in [4.69, 9.17) is 0 Å². The highest BCUT2D eigenvalue weighted by Gasteiger charge is 2.37. The highest BCUT2D eigenvalue weighted by Crippen LogP contribution is 2.35. The first-order chi connectivity index (χ1) is 17.1. The van der Waals surface area contributed by atoms with E-state index >= 15 is 0 Å². The number of benzene rings is 2. The molecule has 3 aromatic rings. The molecule has 1 aliphatic heterocycles. The number of likely N-dealkylation sites (tertiary alicyclic amines) is 1. The largest absolute Gasteiger partial charge is 0.339 e. The predicted molar refractivity (Wildman–Crippen MR) is 143 cm³/mol. The zero-order valence-electron chi connectivity index (χ0n) is 21.2. The maximum absolute atomic E-state index is 13.8. The summed E-state index contributed by atoms with van der Waals surface area (Å²) in [7, 11) is 0. The molecule has 2 unspecified atom stereocenters. The minimum Gasteiger partial charge on any atom is -0.339 e. The lowest BCUT2D eigenvalue weighted by atomic mass is 9.75. The van der Waals surface area contributed by atoms with Crippen LogP contribution in [0.4, 0.5) is 0 Å². The zero-order chi connectivity index (χ0) is 24.2. The van der Waals surface area contributed by atoms with Gasteiger partial charge in [-0.3, -0.25) is 9.78 Å². The first kappa shape index (κ1) is 24.0. The molecule has 0 radical (unpaired) electrons. The molecule has 0 spiro atoms. The minimum atomic E-state index is 0.194. The fourth-order valence-electron chi connectivity index (χ4n) is 6.55. The monoisotopic (exact) mass is 469 g/mol. The van der Waals surface area contributed by atoms with Crippen LogP contribution in [-0.4, -0.2) is 34.4 Å². The van der Waals surface area contributed by atoms with Gasteiger partial charge in [0.05, 0.1) is 5.52 Å². The number of pyridine rings is 1. The number of nitrogens with zero attached hydrogens (tertiary/aromatic N) is 2. The summed E-state index contributed by atoms with van der Waals surface area (Å²) in [5.41, 5.74) is 3.66. The fourth-order valence-corrected chi connectivity index (χ4v) is 6.55. The summed E-state index contributed by atoms with van der Waals surface area (Å²) in [6, 6.07) is 21.8. The molecule has 2 heterocycles. The first-order valence-electron chi connectivity index (χ1n) is 13.5. The Labute approximate surface area is 210 Å². The number of nitrogens with one attached hydrogen (secondary N) is 1. The number of hydrogen-bond acceptors (Lipinski definition) is 3. The number of carbonyl (C=O) groups is 1. The molecule has 2 fully saturated rings. The van der Waals surface area contributed by atoms with Gasteiger partial charge in [-0.1, -0.05) is 62.4 Å². The number of fused-ring (bicyclic) bond motifs is 1. The summed E-state index contributed by atoms with van der Waals surface area (Å²) in [4.78, 5) is 20.5. The van der Waals surface area contributed by atoms with E-state index in [1.807, 2.05) is 12.3 Å². The number of hydrogen-bond donors (Lipinski definition) is 1. The van der Waals surface area contributed by atoms with Crippen LogP contribution in [0.15, 0.2) is 66.9 Å². The second-order valence-corrected chi connectivity index (χ2v) is 11.1. The lowest BCUT2D eigenvalue weighted by Crippen LogP contribution is -2.53. The first-order valence-corrected chi connectivity index (χ1v) is 13.5. The van der Waals surface area contributed by atoms with Crippen molar-refractivity contribution in [3.63, 3.8) is 0 Å². The summed E-state index contributed by atoms with van der Waals surface area (Å²) >= 11 is 0. The zero-order valence-corrected chi connectivity index (χ0v) is 21.2. The summed E-state index contributed by atoms with van der Waals surface area (Å²) in [6.07, 6.45) is 8.21. The van der Waals surface area contributed by atoms with E-state index < -0.39 is 0 Å². The lowest BCUT2D eigenvalue weighted by Gasteiger charge is -2.43. The van der Waals surface area contributed by atoms with Gasteiger partial charge in [-0.25, -0.2) is 0 Å². The highest BCUT2D eigenvalue weighted by atomic mass is 16.2. The molecular weight excluding hydrogens is 430 g/mol. The molecular formula is C31H39N3O. The molecule has 5 rings (SSSR count). The van der Waals surface area contributed by atoms with Gasteiger partial charge in [0, 0.05) is 42.7 Å². The van der Waals surface area contributed by atoms with Crippen molar-refractivity contribution in [1.82, 2.24) is 15.2 Å². The van der Waals surface area contributed by atoms with Crippen LogP contribution in [0.2, 0.25) is 0 Å². The van der Waals surface area contributed by atoms with Gasteiger partial charge in [-0.2, -0.15) is 0 Å². The third-order valence-corrected chi connectivity index (χ3v) is 8.16. The number of carbonyl (C=O) groups excluding carboxylic acids is 1. The number of amides is 1. The van der Waals surface area contributed by atoms with Crippen molar-refractivity contribution in [2.24, 2.45) is 17.8 Å². The van der Waals surface area contributed by atoms with Crippen molar-refractivity contribution < 1.29 is 4.79 Å². The van der Waals surface area contributed by atoms with Crippen molar-refractivity contribution in [2.75, 3.05) is 6.54 Å². The molecule has 2 aliphatic rings. The molecule has 1 aliphatic carbocycles. The van der Waals surface area contributed by atoms with Crippen LogP contribution >= 0.6 is 0 Å². The van der Waals surface area contributed by atoms with E-state index in [2.05, 4.69) is 83.6 Å². The second kappa shape index (κ2) is 10.9. The summed E-state index contributed by atoms with van der Waals surface area (Å²) in [5.74, 6) is 1.90. The van der Waals surface area contributed by atoms with Gasteiger partial charge in [0.1, 0.15) is 0 Å².